The van der Waals surface area contributed by atoms with Crippen molar-refractivity contribution in [3.05, 3.63) is 39.4 Å². The number of aliphatic hydroxyl groups excluding tert-OH is 1. The molecule has 0 saturated heterocycles. The van der Waals surface area contributed by atoms with Gasteiger partial charge in [-0.2, -0.15) is 0 Å². The third-order valence-corrected chi connectivity index (χ3v) is 2.74. The maximum Gasteiger partial charge on any atom is 0.270 e. The second kappa shape index (κ2) is 6.29. The first-order valence-corrected chi connectivity index (χ1v) is 6.04. The molecule has 0 saturated carbocycles. The SMILES string of the molecule is Cc1cc(C(=O)N(CCO)C(C)C)cc([N+](=O)[O-])c1. The van der Waals surface area contributed by atoms with Gasteiger partial charge in [0.25, 0.3) is 11.6 Å². The highest BCUT2D eigenvalue weighted by Crippen LogP contribution is 2.18. The molecule has 1 N–H and O–H groups in total. The van der Waals surface area contributed by atoms with Crippen LogP contribution >= 0.6 is 0 Å². The van der Waals surface area contributed by atoms with Crippen molar-refractivity contribution < 1.29 is 14.8 Å². The molecule has 0 bridgehead atoms. The van der Waals surface area contributed by atoms with E-state index in [2.05, 4.69) is 0 Å². The monoisotopic (exact) mass is 266 g/mol. The molecule has 1 aromatic rings. The molecule has 0 aliphatic heterocycles. The topological polar surface area (TPSA) is 83.7 Å². The molecule has 0 radical (unpaired) electrons. The number of rotatable bonds is 5. The second-order valence-electron chi connectivity index (χ2n) is 4.63. The highest BCUT2D eigenvalue weighted by Gasteiger charge is 2.20. The zero-order valence-electron chi connectivity index (χ0n) is 11.3. The molecule has 6 heteroatoms. The van der Waals surface area contributed by atoms with Crippen LogP contribution < -0.4 is 0 Å². The van der Waals surface area contributed by atoms with Gasteiger partial charge in [0.2, 0.25) is 0 Å². The van der Waals surface area contributed by atoms with Crippen LogP contribution in [0.3, 0.4) is 0 Å². The highest BCUT2D eigenvalue weighted by molar-refractivity contribution is 5.95. The van der Waals surface area contributed by atoms with Gasteiger partial charge in [0.15, 0.2) is 0 Å². The van der Waals surface area contributed by atoms with Crippen LogP contribution in [-0.2, 0) is 0 Å². The van der Waals surface area contributed by atoms with Gasteiger partial charge < -0.3 is 10.0 Å². The largest absolute Gasteiger partial charge is 0.395 e. The summed E-state index contributed by atoms with van der Waals surface area (Å²) < 4.78 is 0. The number of benzene rings is 1. The number of carbonyl (C=O) groups excluding carboxylic acids is 1. The Labute approximate surface area is 111 Å². The first-order chi connectivity index (χ1) is 8.86. The summed E-state index contributed by atoms with van der Waals surface area (Å²) in [5.41, 5.74) is 0.829. The highest BCUT2D eigenvalue weighted by atomic mass is 16.6. The maximum atomic E-state index is 12.3. The molecule has 19 heavy (non-hydrogen) atoms. The smallest absolute Gasteiger partial charge is 0.270 e. The van der Waals surface area contributed by atoms with Crippen LogP contribution in [0.5, 0.6) is 0 Å². The van der Waals surface area contributed by atoms with Crippen molar-refractivity contribution in [2.24, 2.45) is 0 Å². The normalized spacial score (nSPS) is 10.6. The number of hydrogen-bond acceptors (Lipinski definition) is 4. The van der Waals surface area contributed by atoms with Gasteiger partial charge in [0, 0.05) is 30.3 Å². The zero-order chi connectivity index (χ0) is 14.6. The quantitative estimate of drug-likeness (QED) is 0.650. The van der Waals surface area contributed by atoms with E-state index in [1.54, 1.807) is 13.0 Å². The fourth-order valence-electron chi connectivity index (χ4n) is 1.86. The van der Waals surface area contributed by atoms with E-state index in [0.717, 1.165) is 0 Å². The van der Waals surface area contributed by atoms with Crippen LogP contribution in [-0.4, -0.2) is 40.0 Å². The van der Waals surface area contributed by atoms with E-state index in [9.17, 15) is 14.9 Å². The van der Waals surface area contributed by atoms with Crippen molar-refractivity contribution in [3.8, 4) is 0 Å². The minimum Gasteiger partial charge on any atom is -0.395 e. The van der Waals surface area contributed by atoms with Gasteiger partial charge >= 0.3 is 0 Å². The van der Waals surface area contributed by atoms with Gasteiger partial charge in [-0.3, -0.25) is 14.9 Å². The van der Waals surface area contributed by atoms with Gasteiger partial charge in [-0.1, -0.05) is 0 Å². The number of aliphatic hydroxyl groups is 1. The fraction of sp³-hybridized carbons (Fsp3) is 0.462. The summed E-state index contributed by atoms with van der Waals surface area (Å²) in [7, 11) is 0. The summed E-state index contributed by atoms with van der Waals surface area (Å²) >= 11 is 0. The fourth-order valence-corrected chi connectivity index (χ4v) is 1.86. The Morgan fingerprint density at radius 1 is 1.42 bits per heavy atom. The third-order valence-electron chi connectivity index (χ3n) is 2.74. The van der Waals surface area contributed by atoms with Crippen molar-refractivity contribution >= 4 is 11.6 Å². The average Bonchev–Trinajstić information content (AvgIpc) is 2.33. The lowest BCUT2D eigenvalue weighted by molar-refractivity contribution is -0.384. The summed E-state index contributed by atoms with van der Waals surface area (Å²) in [6.45, 7) is 5.43. The molecular weight excluding hydrogens is 248 g/mol. The number of non-ortho nitro benzene ring substituents is 1. The van der Waals surface area contributed by atoms with Crippen molar-refractivity contribution in [1.29, 1.82) is 0 Å². The van der Waals surface area contributed by atoms with Crippen LogP contribution in [0, 0.1) is 17.0 Å². The molecule has 1 amide bonds. The first kappa shape index (κ1) is 15.1. The lowest BCUT2D eigenvalue weighted by Gasteiger charge is -2.26. The van der Waals surface area contributed by atoms with Crippen LogP contribution in [0.25, 0.3) is 0 Å². The first-order valence-electron chi connectivity index (χ1n) is 6.04. The van der Waals surface area contributed by atoms with Crippen molar-refractivity contribution in [2.45, 2.75) is 26.8 Å². The molecule has 1 aromatic carbocycles. The summed E-state index contributed by atoms with van der Waals surface area (Å²) in [6, 6.07) is 4.21. The number of hydrogen-bond donors (Lipinski definition) is 1. The maximum absolute atomic E-state index is 12.3. The molecule has 0 unspecified atom stereocenters. The number of aryl methyl sites for hydroxylation is 1. The van der Waals surface area contributed by atoms with Gasteiger partial charge in [-0.15, -0.1) is 0 Å². The summed E-state index contributed by atoms with van der Waals surface area (Å²) in [5, 5.41) is 19.8. The van der Waals surface area contributed by atoms with Gasteiger partial charge in [-0.05, 0) is 32.4 Å². The Hall–Kier alpha value is -1.95. The van der Waals surface area contributed by atoms with E-state index in [1.165, 1.54) is 17.0 Å². The Morgan fingerprint density at radius 3 is 2.53 bits per heavy atom. The molecule has 0 aliphatic carbocycles. The van der Waals surface area contributed by atoms with E-state index < -0.39 is 4.92 Å². The molecule has 0 atom stereocenters. The lowest BCUT2D eigenvalue weighted by Crippen LogP contribution is -2.39. The average molecular weight is 266 g/mol. The second-order valence-corrected chi connectivity index (χ2v) is 4.63. The standard InChI is InChI=1S/C13H18N2O4/c1-9(2)14(4-5-16)13(17)11-6-10(3)7-12(8-11)15(18)19/h6-9,16H,4-5H2,1-3H3. The lowest BCUT2D eigenvalue weighted by atomic mass is 10.1. The molecule has 0 aliphatic rings. The van der Waals surface area contributed by atoms with E-state index in [0.29, 0.717) is 5.56 Å². The molecular formula is C13H18N2O4. The number of carbonyl (C=O) groups is 1. The number of nitro groups is 1. The zero-order valence-corrected chi connectivity index (χ0v) is 11.3. The predicted octanol–water partition coefficient (Wildman–Crippen LogP) is 1.75. The summed E-state index contributed by atoms with van der Waals surface area (Å²) in [5.74, 6) is -0.309. The van der Waals surface area contributed by atoms with Gasteiger partial charge in [-0.25, -0.2) is 0 Å². The number of amides is 1. The minimum absolute atomic E-state index is 0.0841. The van der Waals surface area contributed by atoms with E-state index in [4.69, 9.17) is 5.11 Å². The molecule has 0 heterocycles. The van der Waals surface area contributed by atoms with Crippen LogP contribution in [0.4, 0.5) is 5.69 Å². The molecule has 1 rings (SSSR count). The van der Waals surface area contributed by atoms with Crippen molar-refractivity contribution in [2.75, 3.05) is 13.2 Å². The van der Waals surface area contributed by atoms with E-state index in [-0.39, 0.29) is 36.4 Å². The molecule has 0 spiro atoms. The van der Waals surface area contributed by atoms with Crippen LogP contribution in [0.2, 0.25) is 0 Å². The Kier molecular flexibility index (Phi) is 5.00. The summed E-state index contributed by atoms with van der Waals surface area (Å²) in [6.07, 6.45) is 0. The van der Waals surface area contributed by atoms with E-state index in [1.807, 2.05) is 13.8 Å². The van der Waals surface area contributed by atoms with Crippen LogP contribution in [0.15, 0.2) is 18.2 Å². The molecule has 104 valence electrons. The van der Waals surface area contributed by atoms with E-state index >= 15 is 0 Å². The predicted molar refractivity (Wildman–Crippen MR) is 71.1 cm³/mol. The van der Waals surface area contributed by atoms with Crippen molar-refractivity contribution in [3.63, 3.8) is 0 Å². The molecule has 0 aromatic heterocycles. The van der Waals surface area contributed by atoms with Crippen LogP contribution in [0.1, 0.15) is 29.8 Å². The number of nitro benzene ring substituents is 1. The molecule has 0 fully saturated rings. The van der Waals surface area contributed by atoms with Crippen molar-refractivity contribution in [1.82, 2.24) is 4.90 Å². The molecule has 6 nitrogen and oxygen atoms in total. The minimum atomic E-state index is -0.518. The summed E-state index contributed by atoms with van der Waals surface area (Å²) in [4.78, 5) is 24.1. The van der Waals surface area contributed by atoms with Gasteiger partial charge in [0.05, 0.1) is 11.5 Å². The Balaban J connectivity index is 3.13. The Bertz CT molecular complexity index is 486. The van der Waals surface area contributed by atoms with Gasteiger partial charge in [0.1, 0.15) is 0 Å². The number of nitrogens with zero attached hydrogens (tertiary/aromatic N) is 2. The Morgan fingerprint density at radius 2 is 2.05 bits per heavy atom. The third kappa shape index (κ3) is 3.75.